The average molecular weight is 273 g/mol. The molecular formula is C16H19NO3. The minimum absolute atomic E-state index is 0.0247. The highest BCUT2D eigenvalue weighted by molar-refractivity contribution is 5.99. The van der Waals surface area contributed by atoms with Crippen LogP contribution in [-0.4, -0.2) is 27.9 Å². The van der Waals surface area contributed by atoms with Crippen LogP contribution in [0.25, 0.3) is 0 Å². The van der Waals surface area contributed by atoms with Crippen LogP contribution in [0.2, 0.25) is 0 Å². The molecule has 1 aromatic carbocycles. The van der Waals surface area contributed by atoms with Crippen molar-refractivity contribution in [2.24, 2.45) is 0 Å². The Hall–Kier alpha value is -1.84. The largest absolute Gasteiger partial charge is 0.481 e. The summed E-state index contributed by atoms with van der Waals surface area (Å²) in [5.41, 5.74) is 1.71. The second-order valence-corrected chi connectivity index (χ2v) is 6.14. The number of rotatable bonds is 3. The van der Waals surface area contributed by atoms with Gasteiger partial charge in [0.1, 0.15) is 0 Å². The summed E-state index contributed by atoms with van der Waals surface area (Å²) < 4.78 is 0. The van der Waals surface area contributed by atoms with E-state index >= 15 is 0 Å². The Morgan fingerprint density at radius 1 is 1.35 bits per heavy atom. The number of benzene rings is 1. The number of nitrogens with zero attached hydrogens (tertiary/aromatic N) is 1. The van der Waals surface area contributed by atoms with Crippen molar-refractivity contribution in [3.63, 3.8) is 0 Å². The van der Waals surface area contributed by atoms with Gasteiger partial charge in [-0.15, -0.1) is 0 Å². The van der Waals surface area contributed by atoms with Crippen LogP contribution in [0.3, 0.4) is 0 Å². The van der Waals surface area contributed by atoms with Gasteiger partial charge in [-0.3, -0.25) is 9.59 Å². The van der Waals surface area contributed by atoms with Gasteiger partial charge in [0.15, 0.2) is 0 Å². The molecule has 1 fully saturated rings. The molecule has 0 radical (unpaired) electrons. The number of carboxylic acids is 1. The molecular weight excluding hydrogens is 254 g/mol. The van der Waals surface area contributed by atoms with Crippen molar-refractivity contribution >= 4 is 11.9 Å². The number of hydrogen-bond acceptors (Lipinski definition) is 2. The van der Waals surface area contributed by atoms with Gasteiger partial charge >= 0.3 is 5.97 Å². The van der Waals surface area contributed by atoms with E-state index < -0.39 is 11.4 Å². The van der Waals surface area contributed by atoms with Gasteiger partial charge in [-0.05, 0) is 43.9 Å². The number of amides is 1. The third-order valence-electron chi connectivity index (χ3n) is 4.73. The molecule has 0 unspecified atom stereocenters. The molecule has 2 aliphatic rings. The highest BCUT2D eigenvalue weighted by Gasteiger charge is 2.46. The van der Waals surface area contributed by atoms with Crippen LogP contribution >= 0.6 is 0 Å². The third kappa shape index (κ3) is 1.67. The van der Waals surface area contributed by atoms with E-state index in [-0.39, 0.29) is 11.9 Å². The Morgan fingerprint density at radius 3 is 2.55 bits per heavy atom. The maximum atomic E-state index is 12.4. The minimum Gasteiger partial charge on any atom is -0.481 e. The molecule has 4 nitrogen and oxygen atoms in total. The van der Waals surface area contributed by atoms with E-state index in [9.17, 15) is 14.7 Å². The smallest absolute Gasteiger partial charge is 0.314 e. The normalized spacial score (nSPS) is 19.9. The maximum absolute atomic E-state index is 12.4. The average Bonchev–Trinajstić information content (AvgIpc) is 2.65. The summed E-state index contributed by atoms with van der Waals surface area (Å²) in [6, 6.07) is 5.79. The van der Waals surface area contributed by atoms with Crippen LogP contribution in [-0.2, 0) is 16.8 Å². The van der Waals surface area contributed by atoms with E-state index in [1.54, 1.807) is 0 Å². The molecule has 106 valence electrons. The minimum atomic E-state index is -0.769. The molecule has 1 aromatic rings. The first-order chi connectivity index (χ1) is 9.45. The standard InChI is InChI=1S/C16H19NO3/c1-10(2)17-9-11-4-5-12(8-13(11)14(17)18)16(15(19)20)6-3-7-16/h4-5,8,10H,3,6-7,9H2,1-2H3,(H,19,20). The summed E-state index contributed by atoms with van der Waals surface area (Å²) in [4.78, 5) is 25.8. The van der Waals surface area contributed by atoms with Gasteiger partial charge in [0, 0.05) is 18.2 Å². The van der Waals surface area contributed by atoms with Gasteiger partial charge in [0.05, 0.1) is 5.41 Å². The summed E-state index contributed by atoms with van der Waals surface area (Å²) in [5, 5.41) is 9.50. The highest BCUT2D eigenvalue weighted by atomic mass is 16.4. The van der Waals surface area contributed by atoms with Crippen LogP contribution < -0.4 is 0 Å². The number of fused-ring (bicyclic) bond motifs is 1. The quantitative estimate of drug-likeness (QED) is 0.920. The molecule has 1 amide bonds. The molecule has 1 aliphatic carbocycles. The van der Waals surface area contributed by atoms with E-state index in [2.05, 4.69) is 0 Å². The molecule has 0 saturated heterocycles. The molecule has 20 heavy (non-hydrogen) atoms. The molecule has 3 rings (SSSR count). The van der Waals surface area contributed by atoms with Gasteiger partial charge in [-0.1, -0.05) is 18.6 Å². The monoisotopic (exact) mass is 273 g/mol. The second-order valence-electron chi connectivity index (χ2n) is 6.14. The van der Waals surface area contributed by atoms with Gasteiger partial charge in [-0.2, -0.15) is 0 Å². The van der Waals surface area contributed by atoms with Crippen LogP contribution in [0.15, 0.2) is 18.2 Å². The lowest BCUT2D eigenvalue weighted by atomic mass is 9.64. The molecule has 1 aliphatic heterocycles. The van der Waals surface area contributed by atoms with Crippen LogP contribution in [0.1, 0.15) is 54.6 Å². The molecule has 1 N–H and O–H groups in total. The molecule has 0 aromatic heterocycles. The Kier molecular flexibility index (Phi) is 2.85. The number of carbonyl (C=O) groups is 2. The van der Waals surface area contributed by atoms with Crippen molar-refractivity contribution in [2.45, 2.75) is 51.1 Å². The third-order valence-corrected chi connectivity index (χ3v) is 4.73. The zero-order chi connectivity index (χ0) is 14.5. The number of carboxylic acid groups (broad SMARTS) is 1. The zero-order valence-electron chi connectivity index (χ0n) is 11.8. The number of aliphatic carboxylic acids is 1. The summed E-state index contributed by atoms with van der Waals surface area (Å²) in [5.74, 6) is -0.744. The van der Waals surface area contributed by atoms with Gasteiger partial charge in [0.25, 0.3) is 5.91 Å². The first-order valence-electron chi connectivity index (χ1n) is 7.13. The van der Waals surface area contributed by atoms with E-state index in [0.717, 1.165) is 17.5 Å². The van der Waals surface area contributed by atoms with Crippen molar-refractivity contribution in [3.05, 3.63) is 34.9 Å². The number of hydrogen-bond donors (Lipinski definition) is 1. The van der Waals surface area contributed by atoms with Gasteiger partial charge in [-0.25, -0.2) is 0 Å². The van der Waals surface area contributed by atoms with E-state index in [0.29, 0.717) is 24.9 Å². The maximum Gasteiger partial charge on any atom is 0.314 e. The molecule has 4 heteroatoms. The van der Waals surface area contributed by atoms with Gasteiger partial charge in [0.2, 0.25) is 0 Å². The Balaban J connectivity index is 2.00. The Morgan fingerprint density at radius 2 is 2.05 bits per heavy atom. The summed E-state index contributed by atoms with van der Waals surface area (Å²) in [6.07, 6.45) is 2.28. The SMILES string of the molecule is CC(C)N1Cc2ccc(C3(C(=O)O)CCC3)cc2C1=O. The summed E-state index contributed by atoms with van der Waals surface area (Å²) in [7, 11) is 0. The fourth-order valence-electron chi connectivity index (χ4n) is 3.19. The van der Waals surface area contributed by atoms with Crippen molar-refractivity contribution in [1.82, 2.24) is 4.90 Å². The van der Waals surface area contributed by atoms with Crippen LogP contribution in [0, 0.1) is 0 Å². The number of carbonyl (C=O) groups excluding carboxylic acids is 1. The van der Waals surface area contributed by atoms with Gasteiger partial charge < -0.3 is 10.0 Å². The van der Waals surface area contributed by atoms with Crippen molar-refractivity contribution in [1.29, 1.82) is 0 Å². The van der Waals surface area contributed by atoms with Crippen molar-refractivity contribution < 1.29 is 14.7 Å². The predicted octanol–water partition coefficient (Wildman–Crippen LogP) is 2.56. The summed E-state index contributed by atoms with van der Waals surface area (Å²) >= 11 is 0. The predicted molar refractivity (Wildman–Crippen MR) is 74.6 cm³/mol. The van der Waals surface area contributed by atoms with E-state index in [1.807, 2.05) is 36.9 Å². The second kappa shape index (κ2) is 4.33. The Labute approximate surface area is 118 Å². The summed E-state index contributed by atoms with van der Waals surface area (Å²) in [6.45, 7) is 4.62. The first-order valence-corrected chi connectivity index (χ1v) is 7.13. The Bertz CT molecular complexity index is 587. The fourth-order valence-corrected chi connectivity index (χ4v) is 3.19. The van der Waals surface area contributed by atoms with Crippen molar-refractivity contribution in [2.75, 3.05) is 0 Å². The van der Waals surface area contributed by atoms with Crippen LogP contribution in [0.4, 0.5) is 0 Å². The fraction of sp³-hybridized carbons (Fsp3) is 0.500. The molecule has 0 atom stereocenters. The van der Waals surface area contributed by atoms with Crippen molar-refractivity contribution in [3.8, 4) is 0 Å². The van der Waals surface area contributed by atoms with Crippen LogP contribution in [0.5, 0.6) is 0 Å². The molecule has 1 saturated carbocycles. The first kappa shape index (κ1) is 13.2. The highest BCUT2D eigenvalue weighted by Crippen LogP contribution is 2.45. The lowest BCUT2D eigenvalue weighted by molar-refractivity contribution is -0.147. The zero-order valence-corrected chi connectivity index (χ0v) is 11.8. The molecule has 0 bridgehead atoms. The lowest BCUT2D eigenvalue weighted by Gasteiger charge is -2.38. The van der Waals surface area contributed by atoms with E-state index in [4.69, 9.17) is 0 Å². The molecule has 0 spiro atoms. The molecule has 1 heterocycles. The van der Waals surface area contributed by atoms with E-state index in [1.165, 1.54) is 0 Å². The lowest BCUT2D eigenvalue weighted by Crippen LogP contribution is -2.42. The topological polar surface area (TPSA) is 57.6 Å².